The molecular weight excluding hydrogens is 166 g/mol. The normalized spacial score (nSPS) is 38.9. The maximum atomic E-state index is 11.4. The van der Waals surface area contributed by atoms with Crippen LogP contribution in [0.2, 0.25) is 0 Å². The highest BCUT2D eigenvalue weighted by atomic mass is 16.5. The Morgan fingerprint density at radius 2 is 1.85 bits per heavy atom. The van der Waals surface area contributed by atoms with Crippen LogP contribution in [0.3, 0.4) is 0 Å². The number of rotatable bonds is 0. The third-order valence-corrected chi connectivity index (χ3v) is 3.12. The standard InChI is InChI=1S/C10H17NO2/c1-7-3-9-5-13-6-10(4-7)11(9)8(2)12/h7,9-10H,3-6H2,1-2H3. The van der Waals surface area contributed by atoms with E-state index in [2.05, 4.69) is 6.92 Å². The molecule has 0 aromatic heterocycles. The number of morpholine rings is 1. The van der Waals surface area contributed by atoms with E-state index < -0.39 is 0 Å². The van der Waals surface area contributed by atoms with Crippen molar-refractivity contribution in [3.63, 3.8) is 0 Å². The summed E-state index contributed by atoms with van der Waals surface area (Å²) in [7, 11) is 0. The highest BCUT2D eigenvalue weighted by Crippen LogP contribution is 2.30. The van der Waals surface area contributed by atoms with E-state index in [9.17, 15) is 4.79 Å². The molecule has 74 valence electrons. The van der Waals surface area contributed by atoms with Crippen LogP contribution in [-0.4, -0.2) is 36.1 Å². The summed E-state index contributed by atoms with van der Waals surface area (Å²) >= 11 is 0. The van der Waals surface area contributed by atoms with E-state index in [4.69, 9.17) is 4.74 Å². The Morgan fingerprint density at radius 3 is 2.31 bits per heavy atom. The van der Waals surface area contributed by atoms with E-state index in [1.165, 1.54) is 0 Å². The molecule has 0 aromatic rings. The van der Waals surface area contributed by atoms with Crippen LogP contribution in [0.25, 0.3) is 0 Å². The van der Waals surface area contributed by atoms with E-state index >= 15 is 0 Å². The van der Waals surface area contributed by atoms with Crippen molar-refractivity contribution in [3.05, 3.63) is 0 Å². The van der Waals surface area contributed by atoms with Crippen molar-refractivity contribution >= 4 is 5.91 Å². The van der Waals surface area contributed by atoms with Gasteiger partial charge in [0, 0.05) is 6.92 Å². The zero-order valence-corrected chi connectivity index (χ0v) is 8.32. The molecule has 0 N–H and O–H groups in total. The fourth-order valence-electron chi connectivity index (χ4n) is 2.70. The second-order valence-electron chi connectivity index (χ2n) is 4.35. The van der Waals surface area contributed by atoms with Crippen LogP contribution in [0.4, 0.5) is 0 Å². The molecule has 13 heavy (non-hydrogen) atoms. The summed E-state index contributed by atoms with van der Waals surface area (Å²) in [4.78, 5) is 13.4. The molecule has 2 saturated heterocycles. The number of nitrogens with zero attached hydrogens (tertiary/aromatic N) is 1. The van der Waals surface area contributed by atoms with Crippen molar-refractivity contribution in [2.24, 2.45) is 5.92 Å². The third kappa shape index (κ3) is 1.57. The van der Waals surface area contributed by atoms with Crippen LogP contribution in [0, 0.1) is 5.92 Å². The van der Waals surface area contributed by atoms with Gasteiger partial charge in [-0.25, -0.2) is 0 Å². The molecule has 0 spiro atoms. The molecule has 0 radical (unpaired) electrons. The van der Waals surface area contributed by atoms with Gasteiger partial charge in [-0.15, -0.1) is 0 Å². The molecule has 2 atom stereocenters. The minimum Gasteiger partial charge on any atom is -0.377 e. The maximum Gasteiger partial charge on any atom is 0.220 e. The van der Waals surface area contributed by atoms with Crippen molar-refractivity contribution in [2.75, 3.05) is 13.2 Å². The van der Waals surface area contributed by atoms with Gasteiger partial charge in [0.25, 0.3) is 0 Å². The molecule has 0 aliphatic carbocycles. The molecule has 1 amide bonds. The Labute approximate surface area is 79.0 Å². The minimum absolute atomic E-state index is 0.213. The average molecular weight is 183 g/mol. The highest BCUT2D eigenvalue weighted by Gasteiger charge is 2.38. The van der Waals surface area contributed by atoms with Crippen LogP contribution < -0.4 is 0 Å². The molecular formula is C10H17NO2. The van der Waals surface area contributed by atoms with Gasteiger partial charge in [-0.3, -0.25) is 4.79 Å². The van der Waals surface area contributed by atoms with Crippen LogP contribution in [0.1, 0.15) is 26.7 Å². The van der Waals surface area contributed by atoms with Gasteiger partial charge in [-0.05, 0) is 18.8 Å². The first-order valence-corrected chi connectivity index (χ1v) is 5.05. The van der Waals surface area contributed by atoms with Gasteiger partial charge in [0.05, 0.1) is 25.3 Å². The van der Waals surface area contributed by atoms with Crippen molar-refractivity contribution in [2.45, 2.75) is 38.8 Å². The molecule has 0 aromatic carbocycles. The lowest BCUT2D eigenvalue weighted by atomic mass is 9.86. The summed E-state index contributed by atoms with van der Waals surface area (Å²) in [5.41, 5.74) is 0. The Bertz CT molecular complexity index is 203. The zero-order valence-electron chi connectivity index (χ0n) is 8.32. The molecule has 2 aliphatic heterocycles. The molecule has 3 nitrogen and oxygen atoms in total. The van der Waals surface area contributed by atoms with Gasteiger partial charge < -0.3 is 9.64 Å². The molecule has 2 unspecified atom stereocenters. The van der Waals surface area contributed by atoms with Crippen LogP contribution >= 0.6 is 0 Å². The SMILES string of the molecule is CC(=O)N1C2COCC1CC(C)C2. The summed E-state index contributed by atoms with van der Waals surface area (Å²) < 4.78 is 5.47. The van der Waals surface area contributed by atoms with Crippen molar-refractivity contribution in [3.8, 4) is 0 Å². The number of ether oxygens (including phenoxy) is 1. The largest absolute Gasteiger partial charge is 0.377 e. The lowest BCUT2D eigenvalue weighted by Crippen LogP contribution is -2.58. The number of amides is 1. The van der Waals surface area contributed by atoms with Gasteiger partial charge in [-0.1, -0.05) is 6.92 Å². The third-order valence-electron chi connectivity index (χ3n) is 3.12. The number of hydrogen-bond acceptors (Lipinski definition) is 2. The van der Waals surface area contributed by atoms with Crippen LogP contribution in [0.5, 0.6) is 0 Å². The fraction of sp³-hybridized carbons (Fsp3) is 0.900. The summed E-state index contributed by atoms with van der Waals surface area (Å²) in [6.45, 7) is 5.41. The van der Waals surface area contributed by atoms with Crippen LogP contribution in [-0.2, 0) is 9.53 Å². The molecule has 2 heterocycles. The summed E-state index contributed by atoms with van der Waals surface area (Å²) in [5.74, 6) is 0.958. The number of hydrogen-bond donors (Lipinski definition) is 0. The van der Waals surface area contributed by atoms with Gasteiger partial charge in [-0.2, -0.15) is 0 Å². The molecule has 3 heteroatoms. The lowest BCUT2D eigenvalue weighted by molar-refractivity contribution is -0.150. The van der Waals surface area contributed by atoms with E-state index in [-0.39, 0.29) is 5.91 Å². The minimum atomic E-state index is 0.213. The number of carbonyl (C=O) groups is 1. The first-order valence-electron chi connectivity index (χ1n) is 5.05. The van der Waals surface area contributed by atoms with E-state index in [0.717, 1.165) is 32.0 Å². The molecule has 2 aliphatic rings. The predicted octanol–water partition coefficient (Wildman–Crippen LogP) is 1.03. The quantitative estimate of drug-likeness (QED) is 0.561. The Morgan fingerprint density at radius 1 is 1.31 bits per heavy atom. The highest BCUT2D eigenvalue weighted by molar-refractivity contribution is 5.74. The summed E-state index contributed by atoms with van der Waals surface area (Å²) in [6.07, 6.45) is 2.21. The maximum absolute atomic E-state index is 11.4. The Hall–Kier alpha value is -0.570. The second kappa shape index (κ2) is 3.29. The van der Waals surface area contributed by atoms with Crippen LogP contribution in [0.15, 0.2) is 0 Å². The molecule has 0 saturated carbocycles. The number of carbonyl (C=O) groups excluding carboxylic acids is 1. The van der Waals surface area contributed by atoms with E-state index in [1.807, 2.05) is 4.90 Å². The smallest absolute Gasteiger partial charge is 0.220 e. The van der Waals surface area contributed by atoms with Gasteiger partial charge in [0.2, 0.25) is 5.91 Å². The zero-order chi connectivity index (χ0) is 9.42. The topological polar surface area (TPSA) is 29.5 Å². The molecule has 2 fully saturated rings. The predicted molar refractivity (Wildman–Crippen MR) is 49.3 cm³/mol. The second-order valence-corrected chi connectivity index (χ2v) is 4.35. The average Bonchev–Trinajstić information content (AvgIpc) is 2.01. The van der Waals surface area contributed by atoms with Gasteiger partial charge in [0.1, 0.15) is 0 Å². The van der Waals surface area contributed by atoms with Crippen molar-refractivity contribution < 1.29 is 9.53 Å². The van der Waals surface area contributed by atoms with Gasteiger partial charge in [0.15, 0.2) is 0 Å². The number of piperidine rings is 1. The summed E-state index contributed by atoms with van der Waals surface area (Å²) in [5, 5.41) is 0. The first kappa shape index (κ1) is 9.00. The first-order chi connectivity index (χ1) is 6.18. The fourth-order valence-corrected chi connectivity index (χ4v) is 2.70. The van der Waals surface area contributed by atoms with E-state index in [1.54, 1.807) is 6.92 Å². The monoisotopic (exact) mass is 183 g/mol. The molecule has 2 rings (SSSR count). The van der Waals surface area contributed by atoms with Crippen molar-refractivity contribution in [1.82, 2.24) is 4.90 Å². The van der Waals surface area contributed by atoms with E-state index in [0.29, 0.717) is 12.1 Å². The Kier molecular flexibility index (Phi) is 2.28. The Balaban J connectivity index is 2.14. The van der Waals surface area contributed by atoms with Gasteiger partial charge >= 0.3 is 0 Å². The lowest BCUT2D eigenvalue weighted by Gasteiger charge is -2.47. The molecule has 2 bridgehead atoms. The van der Waals surface area contributed by atoms with Crippen molar-refractivity contribution in [1.29, 1.82) is 0 Å². The number of fused-ring (bicyclic) bond motifs is 2. The summed E-state index contributed by atoms with van der Waals surface area (Å²) in [6, 6.07) is 0.694.